The fraction of sp³-hybridized carbons (Fsp3) is 0.476. The third-order valence-corrected chi connectivity index (χ3v) is 6.62. The standard InChI is InChI=1S/C21H25ClN4O3S/c1-14(27)23-21-24-17(13-30-21)20(28)29-19-7-3-6-18(19)26-10-8-25(9-11-26)16-5-2-4-15(22)12-16/h2,4-5,12-13,18-19H,3,6-11H2,1H3,(H,23,24,27). The first-order chi connectivity index (χ1) is 14.5. The van der Waals surface area contributed by atoms with Crippen molar-refractivity contribution in [2.75, 3.05) is 36.4 Å². The zero-order valence-electron chi connectivity index (χ0n) is 16.8. The van der Waals surface area contributed by atoms with Gasteiger partial charge in [-0.3, -0.25) is 9.69 Å². The highest BCUT2D eigenvalue weighted by Crippen LogP contribution is 2.30. The maximum atomic E-state index is 12.6. The molecule has 1 aliphatic carbocycles. The fourth-order valence-electron chi connectivity index (χ4n) is 4.22. The molecule has 2 aromatic rings. The minimum absolute atomic E-state index is 0.124. The Bertz CT molecular complexity index is 913. The topological polar surface area (TPSA) is 74.8 Å². The average molecular weight is 449 g/mol. The van der Waals surface area contributed by atoms with E-state index in [4.69, 9.17) is 16.3 Å². The van der Waals surface area contributed by atoms with Crippen LogP contribution in [0.5, 0.6) is 0 Å². The molecule has 30 heavy (non-hydrogen) atoms. The highest BCUT2D eigenvalue weighted by Gasteiger charge is 2.36. The predicted molar refractivity (Wildman–Crippen MR) is 118 cm³/mol. The van der Waals surface area contributed by atoms with E-state index in [0.29, 0.717) is 5.13 Å². The molecule has 1 aromatic carbocycles. The van der Waals surface area contributed by atoms with Gasteiger partial charge in [0.25, 0.3) is 0 Å². The number of nitrogens with zero attached hydrogens (tertiary/aromatic N) is 3. The lowest BCUT2D eigenvalue weighted by Gasteiger charge is -2.40. The van der Waals surface area contributed by atoms with Crippen LogP contribution in [-0.2, 0) is 9.53 Å². The van der Waals surface area contributed by atoms with Gasteiger partial charge in [0.05, 0.1) is 0 Å². The summed E-state index contributed by atoms with van der Waals surface area (Å²) in [6.45, 7) is 5.10. The van der Waals surface area contributed by atoms with Gasteiger partial charge in [-0.15, -0.1) is 11.3 Å². The van der Waals surface area contributed by atoms with Crippen molar-refractivity contribution in [3.05, 3.63) is 40.4 Å². The summed E-state index contributed by atoms with van der Waals surface area (Å²) in [5.74, 6) is -0.630. The molecule has 1 N–H and O–H groups in total. The summed E-state index contributed by atoms with van der Waals surface area (Å²) in [4.78, 5) is 32.7. The molecular weight excluding hydrogens is 424 g/mol. The van der Waals surface area contributed by atoms with Gasteiger partial charge in [0.2, 0.25) is 5.91 Å². The Morgan fingerprint density at radius 2 is 2.03 bits per heavy atom. The maximum Gasteiger partial charge on any atom is 0.358 e. The Balaban J connectivity index is 1.33. The normalized spacial score (nSPS) is 22.1. The number of halogens is 1. The summed E-state index contributed by atoms with van der Waals surface area (Å²) in [6.07, 6.45) is 2.82. The van der Waals surface area contributed by atoms with Gasteiger partial charge in [-0.25, -0.2) is 9.78 Å². The zero-order chi connectivity index (χ0) is 21.1. The Kier molecular flexibility index (Phi) is 6.55. The van der Waals surface area contributed by atoms with Crippen LogP contribution in [0, 0.1) is 0 Å². The van der Waals surface area contributed by atoms with Crippen LogP contribution in [-0.4, -0.2) is 60.1 Å². The first-order valence-electron chi connectivity index (χ1n) is 10.2. The number of piperazine rings is 1. The molecule has 2 unspecified atom stereocenters. The SMILES string of the molecule is CC(=O)Nc1nc(C(=O)OC2CCCC2N2CCN(c3cccc(Cl)c3)CC2)cs1. The number of hydrogen-bond acceptors (Lipinski definition) is 7. The molecular formula is C21H25ClN4O3S. The summed E-state index contributed by atoms with van der Waals surface area (Å²) >= 11 is 7.35. The second-order valence-electron chi connectivity index (χ2n) is 7.66. The van der Waals surface area contributed by atoms with Crippen molar-refractivity contribution < 1.29 is 14.3 Å². The first-order valence-corrected chi connectivity index (χ1v) is 11.4. The minimum Gasteiger partial charge on any atom is -0.456 e. The number of carbonyl (C=O) groups is 2. The van der Waals surface area contributed by atoms with Crippen LogP contribution in [0.4, 0.5) is 10.8 Å². The quantitative estimate of drug-likeness (QED) is 0.703. The van der Waals surface area contributed by atoms with Gasteiger partial charge in [0.1, 0.15) is 6.10 Å². The van der Waals surface area contributed by atoms with E-state index in [9.17, 15) is 9.59 Å². The molecule has 1 amide bonds. The van der Waals surface area contributed by atoms with Gasteiger partial charge in [-0.2, -0.15) is 0 Å². The molecule has 1 saturated heterocycles. The number of nitrogens with one attached hydrogen (secondary N) is 1. The minimum atomic E-state index is -0.419. The van der Waals surface area contributed by atoms with Crippen molar-refractivity contribution in [3.63, 3.8) is 0 Å². The van der Waals surface area contributed by atoms with Gasteiger partial charge >= 0.3 is 5.97 Å². The number of esters is 1. The van der Waals surface area contributed by atoms with Crippen molar-refractivity contribution in [2.45, 2.75) is 38.3 Å². The van der Waals surface area contributed by atoms with Crippen LogP contribution in [0.3, 0.4) is 0 Å². The number of ether oxygens (including phenoxy) is 1. The van der Waals surface area contributed by atoms with Crippen LogP contribution >= 0.6 is 22.9 Å². The van der Waals surface area contributed by atoms with Crippen molar-refractivity contribution in [1.82, 2.24) is 9.88 Å². The van der Waals surface area contributed by atoms with E-state index in [1.165, 1.54) is 18.3 Å². The summed E-state index contributed by atoms with van der Waals surface area (Å²) < 4.78 is 5.83. The van der Waals surface area contributed by atoms with E-state index in [1.54, 1.807) is 5.38 Å². The zero-order valence-corrected chi connectivity index (χ0v) is 18.4. The highest BCUT2D eigenvalue weighted by molar-refractivity contribution is 7.14. The molecule has 9 heteroatoms. The lowest BCUT2D eigenvalue weighted by atomic mass is 10.1. The lowest BCUT2D eigenvalue weighted by molar-refractivity contribution is -0.114. The van der Waals surface area contributed by atoms with Crippen LogP contribution in [0.15, 0.2) is 29.6 Å². The van der Waals surface area contributed by atoms with Gasteiger partial charge in [0.15, 0.2) is 10.8 Å². The molecule has 2 aliphatic rings. The number of hydrogen-bond donors (Lipinski definition) is 1. The van der Waals surface area contributed by atoms with Gasteiger partial charge in [0, 0.05) is 55.2 Å². The van der Waals surface area contributed by atoms with Gasteiger partial charge < -0.3 is 15.0 Å². The Hall–Kier alpha value is -2.16. The van der Waals surface area contributed by atoms with Crippen LogP contribution < -0.4 is 10.2 Å². The van der Waals surface area contributed by atoms with Crippen molar-refractivity contribution in [2.24, 2.45) is 0 Å². The molecule has 1 saturated carbocycles. The van der Waals surface area contributed by atoms with Gasteiger partial charge in [-0.1, -0.05) is 17.7 Å². The number of anilines is 2. The number of rotatable bonds is 5. The Morgan fingerprint density at radius 3 is 2.77 bits per heavy atom. The second kappa shape index (κ2) is 9.32. The molecule has 2 fully saturated rings. The second-order valence-corrected chi connectivity index (χ2v) is 8.96. The smallest absolute Gasteiger partial charge is 0.358 e. The van der Waals surface area contributed by atoms with Crippen molar-refractivity contribution in [3.8, 4) is 0 Å². The summed E-state index contributed by atoms with van der Waals surface area (Å²) in [5, 5.41) is 5.38. The largest absolute Gasteiger partial charge is 0.456 e. The molecule has 1 aromatic heterocycles. The van der Waals surface area contributed by atoms with Crippen LogP contribution in [0.1, 0.15) is 36.7 Å². The number of aromatic nitrogens is 1. The summed E-state index contributed by atoms with van der Waals surface area (Å²) in [6, 6.07) is 8.20. The van der Waals surface area contributed by atoms with E-state index in [2.05, 4.69) is 26.2 Å². The molecule has 4 rings (SSSR count). The summed E-state index contributed by atoms with van der Waals surface area (Å²) in [5.41, 5.74) is 1.40. The monoisotopic (exact) mass is 448 g/mol. The van der Waals surface area contributed by atoms with E-state index < -0.39 is 5.97 Å². The molecule has 7 nitrogen and oxygen atoms in total. The third-order valence-electron chi connectivity index (χ3n) is 5.63. The first kappa shape index (κ1) is 21.1. The molecule has 2 atom stereocenters. The third kappa shape index (κ3) is 4.94. The Morgan fingerprint density at radius 1 is 1.23 bits per heavy atom. The highest BCUT2D eigenvalue weighted by atomic mass is 35.5. The average Bonchev–Trinajstić information content (AvgIpc) is 3.37. The van der Waals surface area contributed by atoms with E-state index >= 15 is 0 Å². The van der Waals surface area contributed by atoms with Crippen molar-refractivity contribution in [1.29, 1.82) is 0 Å². The Labute approximate surface area is 185 Å². The maximum absolute atomic E-state index is 12.6. The fourth-order valence-corrected chi connectivity index (χ4v) is 5.13. The lowest BCUT2D eigenvalue weighted by Crippen LogP contribution is -2.53. The number of benzene rings is 1. The van der Waals surface area contributed by atoms with Crippen molar-refractivity contribution >= 4 is 45.6 Å². The number of amides is 1. The molecule has 160 valence electrons. The number of carbonyl (C=O) groups excluding carboxylic acids is 2. The molecule has 0 radical (unpaired) electrons. The van der Waals surface area contributed by atoms with E-state index in [0.717, 1.165) is 56.2 Å². The predicted octanol–water partition coefficient (Wildman–Crippen LogP) is 3.66. The van der Waals surface area contributed by atoms with Crippen LogP contribution in [0.25, 0.3) is 0 Å². The van der Waals surface area contributed by atoms with E-state index in [-0.39, 0.29) is 23.7 Å². The van der Waals surface area contributed by atoms with E-state index in [1.807, 2.05) is 18.2 Å². The molecule has 2 heterocycles. The molecule has 0 bridgehead atoms. The summed E-state index contributed by atoms with van der Waals surface area (Å²) in [7, 11) is 0. The van der Waals surface area contributed by atoms with Gasteiger partial charge in [-0.05, 0) is 37.5 Å². The van der Waals surface area contributed by atoms with Crippen LogP contribution in [0.2, 0.25) is 5.02 Å². The molecule has 0 spiro atoms. The number of thiazole rings is 1. The molecule has 1 aliphatic heterocycles.